The zero-order valence-electron chi connectivity index (χ0n) is 28.7. The van der Waals surface area contributed by atoms with Crippen molar-refractivity contribution in [2.75, 3.05) is 63.9 Å². The average molecular weight is 797 g/mol. The number of amides is 4. The van der Waals surface area contributed by atoms with Crippen LogP contribution in [-0.4, -0.2) is 126 Å². The Balaban J connectivity index is 1.01. The van der Waals surface area contributed by atoms with Crippen molar-refractivity contribution in [1.82, 2.24) is 24.5 Å². The summed E-state index contributed by atoms with van der Waals surface area (Å²) in [6.45, 7) is 3.49. The topological polar surface area (TPSA) is 115 Å². The molecular weight excluding hydrogens is 751 g/mol. The first kappa shape index (κ1) is 36.3. The van der Waals surface area contributed by atoms with E-state index in [-0.39, 0.29) is 28.5 Å². The van der Waals surface area contributed by atoms with E-state index >= 15 is 0 Å². The summed E-state index contributed by atoms with van der Waals surface area (Å²) in [7, 11) is 2.21. The Hall–Kier alpha value is -3.08. The van der Waals surface area contributed by atoms with Crippen LogP contribution in [0.5, 0.6) is 0 Å². The molecule has 11 nitrogen and oxygen atoms in total. The van der Waals surface area contributed by atoms with E-state index in [2.05, 4.69) is 38.1 Å². The minimum absolute atomic E-state index is 0.0557. The van der Waals surface area contributed by atoms with Gasteiger partial charge in [0.25, 0.3) is 5.91 Å². The highest BCUT2D eigenvalue weighted by Crippen LogP contribution is 2.39. The highest BCUT2D eigenvalue weighted by molar-refractivity contribution is 9.10. The molecule has 1 aromatic carbocycles. The Morgan fingerprint density at radius 1 is 0.961 bits per heavy atom. The van der Waals surface area contributed by atoms with Crippen molar-refractivity contribution in [2.24, 2.45) is 0 Å². The van der Waals surface area contributed by atoms with Gasteiger partial charge in [0.15, 0.2) is 6.10 Å². The number of urea groups is 1. The second kappa shape index (κ2) is 14.7. The summed E-state index contributed by atoms with van der Waals surface area (Å²) in [5.74, 6) is -0.420. The average Bonchev–Trinajstić information content (AvgIpc) is 3.55. The minimum Gasteiger partial charge on any atom is -0.436 e. The fourth-order valence-electron chi connectivity index (χ4n) is 8.67. The molecule has 0 radical (unpaired) electrons. The zero-order chi connectivity index (χ0) is 36.0. The number of alkyl halides is 3. The number of nitrogens with one attached hydrogen (secondary N) is 1. The molecular formula is C35H45BrF3N7O4S. The van der Waals surface area contributed by atoms with Crippen LogP contribution >= 0.6 is 27.3 Å². The van der Waals surface area contributed by atoms with E-state index in [0.717, 1.165) is 36.6 Å². The summed E-state index contributed by atoms with van der Waals surface area (Å²) in [4.78, 5) is 50.7. The summed E-state index contributed by atoms with van der Waals surface area (Å²) in [6, 6.07) is 3.81. The number of thiophene rings is 1. The Kier molecular flexibility index (Phi) is 10.5. The number of nitrogen functional groups attached to an aromatic ring is 1. The van der Waals surface area contributed by atoms with E-state index in [0.29, 0.717) is 76.8 Å². The number of piperidine rings is 2. The number of likely N-dealkylation sites (tertiary alicyclic amines) is 1. The molecule has 4 saturated heterocycles. The number of nitrogens with two attached hydrogens (primary N) is 1. The number of carbonyl (C=O) groups is 3. The number of halogens is 4. The first-order chi connectivity index (χ1) is 24.4. The van der Waals surface area contributed by atoms with Gasteiger partial charge in [0.05, 0.1) is 16.9 Å². The molecule has 3 N–H and O–H groups in total. The highest BCUT2D eigenvalue weighted by atomic mass is 79.9. The van der Waals surface area contributed by atoms with Crippen LogP contribution in [0.1, 0.15) is 55.2 Å². The lowest BCUT2D eigenvalue weighted by molar-refractivity contribution is -0.143. The Labute approximate surface area is 308 Å². The molecule has 0 aliphatic carbocycles. The van der Waals surface area contributed by atoms with Gasteiger partial charge < -0.3 is 35.4 Å². The second-order valence-electron chi connectivity index (χ2n) is 14.6. The summed E-state index contributed by atoms with van der Waals surface area (Å²) in [5, 5.41) is 6.96. The van der Waals surface area contributed by atoms with Crippen molar-refractivity contribution < 1.29 is 32.3 Å². The first-order valence-corrected chi connectivity index (χ1v) is 19.6. The van der Waals surface area contributed by atoms with Crippen LogP contribution in [-0.2, 0) is 28.5 Å². The van der Waals surface area contributed by atoms with Crippen molar-refractivity contribution in [1.29, 1.82) is 0 Å². The largest absolute Gasteiger partial charge is 0.436 e. The summed E-state index contributed by atoms with van der Waals surface area (Å²) >= 11 is 4.70. The lowest BCUT2D eigenvalue weighted by Gasteiger charge is -2.45. The summed E-state index contributed by atoms with van der Waals surface area (Å²) < 4.78 is 47.6. The molecule has 5 aliphatic rings. The van der Waals surface area contributed by atoms with Gasteiger partial charge >= 0.3 is 18.3 Å². The van der Waals surface area contributed by atoms with E-state index in [1.807, 2.05) is 15.7 Å². The van der Waals surface area contributed by atoms with Crippen molar-refractivity contribution in [3.63, 3.8) is 0 Å². The molecule has 1 aromatic heterocycles. The van der Waals surface area contributed by atoms with Crippen molar-refractivity contribution >= 4 is 56.7 Å². The number of nitrogens with zero attached hydrogens (tertiary/aromatic N) is 5. The fourth-order valence-corrected chi connectivity index (χ4v) is 10.0. The number of carbonyl (C=O) groups excluding carboxylic acids is 3. The Bertz CT molecular complexity index is 1610. The molecule has 2 bridgehead atoms. The summed E-state index contributed by atoms with van der Waals surface area (Å²) in [6.07, 6.45) is -0.469. The molecule has 4 fully saturated rings. The van der Waals surface area contributed by atoms with Gasteiger partial charge in [-0.3, -0.25) is 9.69 Å². The molecule has 51 heavy (non-hydrogen) atoms. The first-order valence-electron chi connectivity index (χ1n) is 17.8. The fraction of sp³-hybridized carbons (Fsp3) is 0.629. The lowest BCUT2D eigenvalue weighted by atomic mass is 9.96. The molecule has 7 rings (SSSR count). The second-order valence-corrected chi connectivity index (χ2v) is 16.2. The van der Waals surface area contributed by atoms with E-state index < -0.39 is 35.5 Å². The molecule has 0 saturated carbocycles. The monoisotopic (exact) mass is 795 g/mol. The van der Waals surface area contributed by atoms with Gasteiger partial charge in [-0.1, -0.05) is 0 Å². The number of anilines is 2. The third-order valence-electron chi connectivity index (χ3n) is 11.7. The SMILES string of the molecule is CN1C2CCC1CC(N1CCN(C(=O)[C@@H](Cc3cc(Br)c(N)c(C(F)(F)F)c3)OC(=O)N3CCC(N4CCc5cscc5NC4=O)CC3)CC1)C2. The van der Waals surface area contributed by atoms with Gasteiger partial charge in [0, 0.05) is 86.3 Å². The molecule has 6 heterocycles. The molecule has 5 aliphatic heterocycles. The van der Waals surface area contributed by atoms with Gasteiger partial charge in [0.2, 0.25) is 0 Å². The number of rotatable bonds is 6. The van der Waals surface area contributed by atoms with Gasteiger partial charge in [0.1, 0.15) is 0 Å². The normalized spacial score (nSPS) is 25.7. The number of fused-ring (bicyclic) bond motifs is 3. The van der Waals surface area contributed by atoms with Crippen LogP contribution in [0.3, 0.4) is 0 Å². The van der Waals surface area contributed by atoms with Gasteiger partial charge in [-0.15, -0.1) is 11.3 Å². The van der Waals surface area contributed by atoms with Crippen LogP contribution in [0.4, 0.5) is 34.1 Å². The highest BCUT2D eigenvalue weighted by Gasteiger charge is 2.42. The van der Waals surface area contributed by atoms with Crippen LogP contribution in [0.15, 0.2) is 27.4 Å². The van der Waals surface area contributed by atoms with Crippen LogP contribution in [0, 0.1) is 0 Å². The molecule has 2 unspecified atom stereocenters. The third-order valence-corrected chi connectivity index (χ3v) is 13.1. The van der Waals surface area contributed by atoms with Crippen LogP contribution in [0.25, 0.3) is 0 Å². The molecule has 3 atom stereocenters. The number of benzene rings is 1. The zero-order valence-corrected chi connectivity index (χ0v) is 31.1. The van der Waals surface area contributed by atoms with Crippen LogP contribution in [0.2, 0.25) is 0 Å². The number of hydrogen-bond acceptors (Lipinski definition) is 8. The molecule has 278 valence electrons. The quantitative estimate of drug-likeness (QED) is 0.373. The maximum atomic E-state index is 14.1. The van der Waals surface area contributed by atoms with Crippen molar-refractivity contribution in [3.8, 4) is 0 Å². The standard InChI is InChI=1S/C35H45BrF3N7O4S/c1-42-24-2-3-25(42)18-26(17-24)43-10-12-44(13-11-43)32(47)30(16-21-14-27(35(37,38)39)31(40)28(36)15-21)50-34(49)45-7-5-23(6-8-45)46-9-4-22-19-51-20-29(22)41-33(46)48/h14-15,19-20,23-26,30H,2-13,16-18,40H2,1H3,(H,41,48)/t24?,25?,26?,30-/m1/s1. The van der Waals surface area contributed by atoms with Gasteiger partial charge in [-0.25, -0.2) is 9.59 Å². The summed E-state index contributed by atoms with van der Waals surface area (Å²) in [5.41, 5.74) is 6.43. The van der Waals surface area contributed by atoms with E-state index in [1.54, 1.807) is 16.2 Å². The van der Waals surface area contributed by atoms with E-state index in [9.17, 15) is 27.6 Å². The minimum atomic E-state index is -4.71. The molecule has 2 aromatic rings. The van der Waals surface area contributed by atoms with E-state index in [1.165, 1.54) is 23.8 Å². The molecule has 4 amide bonds. The lowest BCUT2D eigenvalue weighted by Crippen LogP contribution is -2.57. The Morgan fingerprint density at radius 3 is 2.31 bits per heavy atom. The number of hydrogen-bond donors (Lipinski definition) is 2. The predicted octanol–water partition coefficient (Wildman–Crippen LogP) is 5.48. The van der Waals surface area contributed by atoms with Crippen molar-refractivity contribution in [3.05, 3.63) is 44.1 Å². The van der Waals surface area contributed by atoms with Gasteiger partial charge in [-0.05, 0) is 96.6 Å². The van der Waals surface area contributed by atoms with Crippen LogP contribution < -0.4 is 11.1 Å². The smallest absolute Gasteiger partial charge is 0.418 e. The van der Waals surface area contributed by atoms with Gasteiger partial charge in [-0.2, -0.15) is 13.2 Å². The molecule has 0 spiro atoms. The number of piperazine rings is 1. The maximum absolute atomic E-state index is 14.1. The number of ether oxygens (including phenoxy) is 1. The maximum Gasteiger partial charge on any atom is 0.418 e. The van der Waals surface area contributed by atoms with E-state index in [4.69, 9.17) is 10.5 Å². The Morgan fingerprint density at radius 2 is 1.65 bits per heavy atom. The molecule has 16 heteroatoms. The van der Waals surface area contributed by atoms with Crippen molar-refractivity contribution in [2.45, 2.75) is 87.8 Å². The predicted molar refractivity (Wildman–Crippen MR) is 192 cm³/mol. The third kappa shape index (κ3) is 7.70.